The van der Waals surface area contributed by atoms with Crippen LogP contribution in [0.3, 0.4) is 0 Å². The van der Waals surface area contributed by atoms with Gasteiger partial charge in [-0.05, 0) is 6.92 Å². The fourth-order valence-corrected chi connectivity index (χ4v) is 2.45. The standard InChI is InChI=1S/C15H23NO3S/c1-5-13(18-4)15(17)12(3)8-11(2)9-19-10-14-16-6-7-20-14/h5-8,12-13,15,17H,1,9-10H2,2-4H3/b11-8-/t12-,13+,15+/m1/s1. The Kier molecular flexibility index (Phi) is 7.69. The average Bonchev–Trinajstić information content (AvgIpc) is 2.93. The molecule has 4 nitrogen and oxygen atoms in total. The van der Waals surface area contributed by atoms with E-state index in [-0.39, 0.29) is 12.0 Å². The highest BCUT2D eigenvalue weighted by Gasteiger charge is 2.20. The predicted octanol–water partition coefficient (Wildman–Crippen LogP) is 2.80. The van der Waals surface area contributed by atoms with Gasteiger partial charge in [0.15, 0.2) is 0 Å². The smallest absolute Gasteiger partial charge is 0.118 e. The van der Waals surface area contributed by atoms with E-state index in [1.54, 1.807) is 30.7 Å². The molecule has 0 spiro atoms. The zero-order valence-corrected chi connectivity index (χ0v) is 13.1. The van der Waals surface area contributed by atoms with Crippen LogP contribution in [0.15, 0.2) is 35.9 Å². The van der Waals surface area contributed by atoms with Gasteiger partial charge in [-0.15, -0.1) is 17.9 Å². The van der Waals surface area contributed by atoms with E-state index in [0.29, 0.717) is 13.2 Å². The molecule has 1 heterocycles. The van der Waals surface area contributed by atoms with Crippen LogP contribution >= 0.6 is 11.3 Å². The fraction of sp³-hybridized carbons (Fsp3) is 0.533. The summed E-state index contributed by atoms with van der Waals surface area (Å²) in [5.74, 6) is -0.0265. The van der Waals surface area contributed by atoms with Crippen LogP contribution in [0, 0.1) is 5.92 Å². The molecule has 0 unspecified atom stereocenters. The molecule has 0 amide bonds. The molecule has 0 aliphatic rings. The SMILES string of the molecule is C=C[C@H](OC)[C@@H](O)[C@H](C)/C=C(/C)COCc1nccs1. The second kappa shape index (κ2) is 9.02. The molecule has 0 saturated heterocycles. The summed E-state index contributed by atoms with van der Waals surface area (Å²) in [6, 6.07) is 0. The predicted molar refractivity (Wildman–Crippen MR) is 81.7 cm³/mol. The number of aliphatic hydroxyl groups excluding tert-OH is 1. The minimum Gasteiger partial charge on any atom is -0.389 e. The Bertz CT molecular complexity index is 417. The van der Waals surface area contributed by atoms with Crippen molar-refractivity contribution in [1.82, 2.24) is 4.98 Å². The largest absolute Gasteiger partial charge is 0.389 e. The van der Waals surface area contributed by atoms with Crippen LogP contribution < -0.4 is 0 Å². The summed E-state index contributed by atoms with van der Waals surface area (Å²) in [5.41, 5.74) is 1.08. The first-order valence-electron chi connectivity index (χ1n) is 6.55. The Morgan fingerprint density at radius 3 is 2.90 bits per heavy atom. The molecule has 5 heteroatoms. The Hall–Kier alpha value is -1.01. The highest BCUT2D eigenvalue weighted by molar-refractivity contribution is 7.09. The van der Waals surface area contributed by atoms with Crippen molar-refractivity contribution >= 4 is 11.3 Å². The highest BCUT2D eigenvalue weighted by atomic mass is 32.1. The normalized spacial score (nSPS) is 16.7. The van der Waals surface area contributed by atoms with Gasteiger partial charge in [0.05, 0.1) is 19.3 Å². The molecule has 20 heavy (non-hydrogen) atoms. The van der Waals surface area contributed by atoms with Gasteiger partial charge in [0.25, 0.3) is 0 Å². The molecule has 112 valence electrons. The highest BCUT2D eigenvalue weighted by Crippen LogP contribution is 2.15. The first kappa shape index (κ1) is 17.0. The number of aliphatic hydroxyl groups is 1. The van der Waals surface area contributed by atoms with Crippen molar-refractivity contribution in [2.75, 3.05) is 13.7 Å². The summed E-state index contributed by atoms with van der Waals surface area (Å²) in [6.45, 7) is 8.64. The number of aromatic nitrogens is 1. The van der Waals surface area contributed by atoms with Crippen molar-refractivity contribution in [2.45, 2.75) is 32.7 Å². The summed E-state index contributed by atoms with van der Waals surface area (Å²) in [7, 11) is 1.57. The quantitative estimate of drug-likeness (QED) is 0.712. The Balaban J connectivity index is 2.40. The van der Waals surface area contributed by atoms with E-state index in [1.807, 2.05) is 25.3 Å². The molecule has 0 aliphatic carbocycles. The van der Waals surface area contributed by atoms with Crippen LogP contribution in [0.5, 0.6) is 0 Å². The summed E-state index contributed by atoms with van der Waals surface area (Å²) in [6.07, 6.45) is 4.42. The molecule has 1 N–H and O–H groups in total. The van der Waals surface area contributed by atoms with Crippen molar-refractivity contribution in [3.63, 3.8) is 0 Å². The topological polar surface area (TPSA) is 51.6 Å². The Morgan fingerprint density at radius 2 is 2.35 bits per heavy atom. The van der Waals surface area contributed by atoms with Crippen molar-refractivity contribution in [3.8, 4) is 0 Å². The first-order valence-corrected chi connectivity index (χ1v) is 7.43. The van der Waals surface area contributed by atoms with E-state index in [0.717, 1.165) is 10.6 Å². The van der Waals surface area contributed by atoms with E-state index in [9.17, 15) is 5.11 Å². The second-order valence-electron chi connectivity index (χ2n) is 4.72. The third-order valence-electron chi connectivity index (χ3n) is 2.97. The first-order chi connectivity index (χ1) is 9.58. The number of hydrogen-bond donors (Lipinski definition) is 1. The maximum absolute atomic E-state index is 10.1. The van der Waals surface area contributed by atoms with Gasteiger partial charge in [-0.3, -0.25) is 0 Å². The lowest BCUT2D eigenvalue weighted by Gasteiger charge is -2.22. The van der Waals surface area contributed by atoms with Crippen molar-refractivity contribution in [3.05, 3.63) is 40.9 Å². The van der Waals surface area contributed by atoms with Crippen LogP contribution in [0.4, 0.5) is 0 Å². The van der Waals surface area contributed by atoms with Gasteiger partial charge < -0.3 is 14.6 Å². The molecule has 0 aliphatic heterocycles. The van der Waals surface area contributed by atoms with E-state index in [4.69, 9.17) is 9.47 Å². The average molecular weight is 297 g/mol. The zero-order valence-electron chi connectivity index (χ0n) is 12.3. The number of thiazole rings is 1. The third-order valence-corrected chi connectivity index (χ3v) is 3.72. The zero-order chi connectivity index (χ0) is 15.0. The third kappa shape index (κ3) is 5.54. The van der Waals surface area contributed by atoms with Gasteiger partial charge in [0, 0.05) is 24.6 Å². The molecule has 1 aromatic heterocycles. The van der Waals surface area contributed by atoms with Crippen molar-refractivity contribution in [2.24, 2.45) is 5.92 Å². The molecule has 1 aromatic rings. The van der Waals surface area contributed by atoms with Crippen molar-refractivity contribution in [1.29, 1.82) is 0 Å². The van der Waals surface area contributed by atoms with Crippen molar-refractivity contribution < 1.29 is 14.6 Å². The number of hydrogen-bond acceptors (Lipinski definition) is 5. The van der Waals surface area contributed by atoms with Gasteiger partial charge in [-0.2, -0.15) is 0 Å². The molecule has 3 atom stereocenters. The lowest BCUT2D eigenvalue weighted by atomic mass is 9.97. The summed E-state index contributed by atoms with van der Waals surface area (Å²) in [4.78, 5) is 4.15. The summed E-state index contributed by atoms with van der Waals surface area (Å²) in [5, 5.41) is 13.0. The minimum absolute atomic E-state index is 0.0265. The Labute approximate surface area is 124 Å². The molecular weight excluding hydrogens is 274 g/mol. The van der Waals surface area contributed by atoms with E-state index in [1.165, 1.54) is 0 Å². The minimum atomic E-state index is -0.605. The van der Waals surface area contributed by atoms with E-state index < -0.39 is 6.10 Å². The number of methoxy groups -OCH3 is 1. The molecule has 0 aromatic carbocycles. The van der Waals surface area contributed by atoms with Gasteiger partial charge >= 0.3 is 0 Å². The van der Waals surface area contributed by atoms with Gasteiger partial charge in [0.1, 0.15) is 11.1 Å². The number of ether oxygens (including phenoxy) is 2. The molecule has 0 saturated carbocycles. The summed E-state index contributed by atoms with van der Waals surface area (Å²) >= 11 is 1.58. The van der Waals surface area contributed by atoms with Crippen LogP contribution in [-0.2, 0) is 16.1 Å². The van der Waals surface area contributed by atoms with E-state index in [2.05, 4.69) is 11.6 Å². The lowest BCUT2D eigenvalue weighted by molar-refractivity contribution is -0.00171. The maximum Gasteiger partial charge on any atom is 0.118 e. The molecule has 1 rings (SSSR count). The lowest BCUT2D eigenvalue weighted by Crippen LogP contribution is -2.31. The van der Waals surface area contributed by atoms with Gasteiger partial charge in [0.2, 0.25) is 0 Å². The Morgan fingerprint density at radius 1 is 1.60 bits per heavy atom. The van der Waals surface area contributed by atoms with E-state index >= 15 is 0 Å². The molecule has 0 bridgehead atoms. The molecule has 0 fully saturated rings. The maximum atomic E-state index is 10.1. The second-order valence-corrected chi connectivity index (χ2v) is 5.70. The van der Waals surface area contributed by atoms with Crippen LogP contribution in [0.25, 0.3) is 0 Å². The number of nitrogens with zero attached hydrogens (tertiary/aromatic N) is 1. The van der Waals surface area contributed by atoms with Crippen LogP contribution in [-0.4, -0.2) is 36.0 Å². The van der Waals surface area contributed by atoms with Crippen LogP contribution in [0.1, 0.15) is 18.9 Å². The summed E-state index contributed by atoms with van der Waals surface area (Å²) < 4.78 is 10.7. The van der Waals surface area contributed by atoms with Gasteiger partial charge in [-0.1, -0.05) is 24.6 Å². The number of rotatable bonds is 9. The monoisotopic (exact) mass is 297 g/mol. The van der Waals surface area contributed by atoms with Crippen LogP contribution in [0.2, 0.25) is 0 Å². The molecular formula is C15H23NO3S. The van der Waals surface area contributed by atoms with Gasteiger partial charge in [-0.25, -0.2) is 4.98 Å². The molecule has 0 radical (unpaired) electrons. The fourth-order valence-electron chi connectivity index (χ4n) is 1.89.